The normalized spacial score (nSPS) is 14.3. The predicted octanol–water partition coefficient (Wildman–Crippen LogP) is 2.28. The van der Waals surface area contributed by atoms with E-state index in [1.54, 1.807) is 24.1 Å². The molecule has 1 N–H and O–H groups in total. The van der Waals surface area contributed by atoms with Crippen molar-refractivity contribution in [2.75, 3.05) is 36.4 Å². The Labute approximate surface area is 149 Å². The standard InChI is InChI=1S/C18H18F2N4O2/c1-12(25)23-4-6-24(7-5-23)15-8-13(10-21-11-15)18(26)22-14-2-3-16(19)17(20)9-14/h2-3,8-11H,4-7H2,1H3,(H,22,26). The number of anilines is 2. The summed E-state index contributed by atoms with van der Waals surface area (Å²) in [5.74, 6) is -2.43. The van der Waals surface area contributed by atoms with Gasteiger partial charge in [0.05, 0.1) is 17.4 Å². The maximum atomic E-state index is 13.3. The number of halogens is 2. The van der Waals surface area contributed by atoms with Crippen molar-refractivity contribution < 1.29 is 18.4 Å². The molecule has 0 unspecified atom stereocenters. The highest BCUT2D eigenvalue weighted by Gasteiger charge is 2.20. The van der Waals surface area contributed by atoms with Crippen LogP contribution in [0.5, 0.6) is 0 Å². The Morgan fingerprint density at radius 2 is 1.77 bits per heavy atom. The number of benzene rings is 1. The van der Waals surface area contributed by atoms with Gasteiger partial charge in [-0.05, 0) is 18.2 Å². The lowest BCUT2D eigenvalue weighted by Gasteiger charge is -2.35. The van der Waals surface area contributed by atoms with E-state index in [0.717, 1.165) is 17.8 Å². The van der Waals surface area contributed by atoms with Gasteiger partial charge in [0, 0.05) is 51.1 Å². The molecule has 1 aliphatic heterocycles. The van der Waals surface area contributed by atoms with Gasteiger partial charge in [-0.3, -0.25) is 14.6 Å². The third-order valence-electron chi connectivity index (χ3n) is 4.25. The highest BCUT2D eigenvalue weighted by Crippen LogP contribution is 2.19. The number of pyridine rings is 1. The SMILES string of the molecule is CC(=O)N1CCN(c2cncc(C(=O)Nc3ccc(F)c(F)c3)c2)CC1. The highest BCUT2D eigenvalue weighted by molar-refractivity contribution is 6.04. The van der Waals surface area contributed by atoms with Crippen LogP contribution in [0, 0.1) is 11.6 Å². The summed E-state index contributed by atoms with van der Waals surface area (Å²) in [6.07, 6.45) is 3.06. The second kappa shape index (κ2) is 7.47. The Morgan fingerprint density at radius 3 is 2.42 bits per heavy atom. The summed E-state index contributed by atoms with van der Waals surface area (Å²) in [4.78, 5) is 31.6. The van der Waals surface area contributed by atoms with E-state index < -0.39 is 17.5 Å². The average Bonchev–Trinajstić information content (AvgIpc) is 2.65. The topological polar surface area (TPSA) is 65.5 Å². The Balaban J connectivity index is 1.69. The van der Waals surface area contributed by atoms with Gasteiger partial charge in [-0.25, -0.2) is 8.78 Å². The van der Waals surface area contributed by atoms with Crippen molar-refractivity contribution in [3.05, 3.63) is 53.9 Å². The predicted molar refractivity (Wildman–Crippen MR) is 93.0 cm³/mol. The van der Waals surface area contributed by atoms with Gasteiger partial charge in [0.1, 0.15) is 0 Å². The molecule has 1 aromatic carbocycles. The summed E-state index contributed by atoms with van der Waals surface area (Å²) in [6.45, 7) is 4.06. The van der Waals surface area contributed by atoms with Crippen LogP contribution in [0.15, 0.2) is 36.7 Å². The van der Waals surface area contributed by atoms with E-state index in [1.165, 1.54) is 12.3 Å². The molecule has 2 heterocycles. The Bertz CT molecular complexity index is 836. The fourth-order valence-corrected chi connectivity index (χ4v) is 2.78. The fraction of sp³-hybridized carbons (Fsp3) is 0.278. The van der Waals surface area contributed by atoms with Crippen molar-refractivity contribution in [2.45, 2.75) is 6.92 Å². The molecular weight excluding hydrogens is 342 g/mol. The van der Waals surface area contributed by atoms with Crippen LogP contribution >= 0.6 is 0 Å². The molecule has 1 aliphatic rings. The molecule has 2 aromatic rings. The zero-order chi connectivity index (χ0) is 18.7. The third kappa shape index (κ3) is 3.96. The lowest BCUT2D eigenvalue weighted by molar-refractivity contribution is -0.129. The zero-order valence-corrected chi connectivity index (χ0v) is 14.2. The molecule has 0 spiro atoms. The highest BCUT2D eigenvalue weighted by atomic mass is 19.2. The van der Waals surface area contributed by atoms with Crippen LogP contribution in [0.4, 0.5) is 20.2 Å². The summed E-state index contributed by atoms with van der Waals surface area (Å²) in [6, 6.07) is 4.85. The van der Waals surface area contributed by atoms with Crippen molar-refractivity contribution >= 4 is 23.2 Å². The quantitative estimate of drug-likeness (QED) is 0.912. The molecule has 2 amide bonds. The second-order valence-electron chi connectivity index (χ2n) is 6.01. The van der Waals surface area contributed by atoms with Gasteiger partial charge in [-0.1, -0.05) is 0 Å². The number of nitrogens with one attached hydrogen (secondary N) is 1. The minimum Gasteiger partial charge on any atom is -0.367 e. The number of amides is 2. The van der Waals surface area contributed by atoms with E-state index in [-0.39, 0.29) is 11.6 Å². The van der Waals surface area contributed by atoms with Gasteiger partial charge >= 0.3 is 0 Å². The molecule has 0 radical (unpaired) electrons. The van der Waals surface area contributed by atoms with Crippen LogP contribution < -0.4 is 10.2 Å². The molecule has 0 saturated carbocycles. The minimum atomic E-state index is -1.03. The summed E-state index contributed by atoms with van der Waals surface area (Å²) in [5.41, 5.74) is 1.24. The smallest absolute Gasteiger partial charge is 0.257 e. The molecule has 3 rings (SSSR count). The first-order valence-corrected chi connectivity index (χ1v) is 8.16. The van der Waals surface area contributed by atoms with E-state index in [1.807, 2.05) is 4.90 Å². The van der Waals surface area contributed by atoms with E-state index >= 15 is 0 Å². The van der Waals surface area contributed by atoms with Crippen LogP contribution in [0.3, 0.4) is 0 Å². The van der Waals surface area contributed by atoms with Crippen LogP contribution in [0.25, 0.3) is 0 Å². The van der Waals surface area contributed by atoms with Crippen LogP contribution in [-0.2, 0) is 4.79 Å². The molecule has 8 heteroatoms. The van der Waals surface area contributed by atoms with Crippen molar-refractivity contribution in [3.8, 4) is 0 Å². The summed E-state index contributed by atoms with van der Waals surface area (Å²) < 4.78 is 26.2. The minimum absolute atomic E-state index is 0.0439. The summed E-state index contributed by atoms with van der Waals surface area (Å²) >= 11 is 0. The lowest BCUT2D eigenvalue weighted by Crippen LogP contribution is -2.48. The first-order valence-electron chi connectivity index (χ1n) is 8.16. The summed E-state index contributed by atoms with van der Waals surface area (Å²) in [5, 5.41) is 2.52. The number of hydrogen-bond donors (Lipinski definition) is 1. The van der Waals surface area contributed by atoms with Crippen molar-refractivity contribution in [2.24, 2.45) is 0 Å². The molecule has 26 heavy (non-hydrogen) atoms. The van der Waals surface area contributed by atoms with Crippen LogP contribution in [0.2, 0.25) is 0 Å². The number of rotatable bonds is 3. The second-order valence-corrected chi connectivity index (χ2v) is 6.01. The van der Waals surface area contributed by atoms with Gasteiger partial charge in [0.25, 0.3) is 5.91 Å². The number of piperazine rings is 1. The number of hydrogen-bond acceptors (Lipinski definition) is 4. The number of carbonyl (C=O) groups excluding carboxylic acids is 2. The lowest BCUT2D eigenvalue weighted by atomic mass is 10.2. The Hall–Kier alpha value is -3.03. The molecule has 0 bridgehead atoms. The number of carbonyl (C=O) groups is 2. The number of nitrogens with zero attached hydrogens (tertiary/aromatic N) is 3. The molecular formula is C18H18F2N4O2. The van der Waals surface area contributed by atoms with Crippen molar-refractivity contribution in [3.63, 3.8) is 0 Å². The van der Waals surface area contributed by atoms with Gasteiger partial charge in [0.2, 0.25) is 5.91 Å². The third-order valence-corrected chi connectivity index (χ3v) is 4.25. The van der Waals surface area contributed by atoms with Crippen LogP contribution in [0.1, 0.15) is 17.3 Å². The van der Waals surface area contributed by atoms with Gasteiger partial charge in [-0.15, -0.1) is 0 Å². The molecule has 136 valence electrons. The van der Waals surface area contributed by atoms with E-state index in [4.69, 9.17) is 0 Å². The Morgan fingerprint density at radius 1 is 1.04 bits per heavy atom. The maximum absolute atomic E-state index is 13.3. The molecule has 1 saturated heterocycles. The van der Waals surface area contributed by atoms with Crippen molar-refractivity contribution in [1.82, 2.24) is 9.88 Å². The first kappa shape index (κ1) is 17.8. The first-order chi connectivity index (χ1) is 12.4. The van der Waals surface area contributed by atoms with Gasteiger partial charge in [-0.2, -0.15) is 0 Å². The van der Waals surface area contributed by atoms with Crippen LogP contribution in [-0.4, -0.2) is 47.9 Å². The molecule has 1 aromatic heterocycles. The molecule has 0 atom stereocenters. The maximum Gasteiger partial charge on any atom is 0.257 e. The zero-order valence-electron chi connectivity index (χ0n) is 14.2. The fourth-order valence-electron chi connectivity index (χ4n) is 2.78. The number of aromatic nitrogens is 1. The van der Waals surface area contributed by atoms with E-state index in [0.29, 0.717) is 31.7 Å². The average molecular weight is 360 g/mol. The molecule has 6 nitrogen and oxygen atoms in total. The largest absolute Gasteiger partial charge is 0.367 e. The van der Waals surface area contributed by atoms with E-state index in [9.17, 15) is 18.4 Å². The molecule has 1 fully saturated rings. The summed E-state index contributed by atoms with van der Waals surface area (Å²) in [7, 11) is 0. The molecule has 0 aliphatic carbocycles. The van der Waals surface area contributed by atoms with Crippen molar-refractivity contribution in [1.29, 1.82) is 0 Å². The van der Waals surface area contributed by atoms with Gasteiger partial charge < -0.3 is 15.1 Å². The Kier molecular flexibility index (Phi) is 5.11. The monoisotopic (exact) mass is 360 g/mol. The van der Waals surface area contributed by atoms with Gasteiger partial charge in [0.15, 0.2) is 11.6 Å². The van der Waals surface area contributed by atoms with E-state index in [2.05, 4.69) is 10.3 Å².